The van der Waals surface area contributed by atoms with Crippen LogP contribution < -0.4 is 0 Å². The Morgan fingerprint density at radius 2 is 1.62 bits per heavy atom. The summed E-state index contributed by atoms with van der Waals surface area (Å²) in [5.74, 6) is -3.29. The van der Waals surface area contributed by atoms with Crippen LogP contribution in [0.1, 0.15) is 43.7 Å². The van der Waals surface area contributed by atoms with Crippen LogP contribution >= 0.6 is 0 Å². The van der Waals surface area contributed by atoms with Crippen molar-refractivity contribution in [3.8, 4) is 17.2 Å². The topological polar surface area (TPSA) is 98.4 Å². The zero-order valence-electron chi connectivity index (χ0n) is 14.8. The lowest BCUT2D eigenvalue weighted by atomic mass is 9.68. The Bertz CT molecular complexity index is 835. The van der Waals surface area contributed by atoms with E-state index in [1.165, 1.54) is 0 Å². The summed E-state index contributed by atoms with van der Waals surface area (Å²) in [7, 11) is 0. The van der Waals surface area contributed by atoms with Crippen molar-refractivity contribution in [2.75, 3.05) is 0 Å². The van der Waals surface area contributed by atoms with Gasteiger partial charge >= 0.3 is 11.9 Å². The summed E-state index contributed by atoms with van der Waals surface area (Å²) in [6.07, 6.45) is 0.385. The summed E-state index contributed by atoms with van der Waals surface area (Å²) >= 11 is 0. The second kappa shape index (κ2) is 7.83. The second-order valence-corrected chi connectivity index (χ2v) is 6.18. The maximum atomic E-state index is 11.8. The standard InChI is InChI=1S/C21H21NO4/c1-3-18(21(4-2,19(23)24)20(25)26)15-11-9-14(10-12-15)17-8-6-5-7-16(17)13-22/h5-12,18H,3-4H2,1-2H3,(H,23,24)(H,25,26). The highest BCUT2D eigenvalue weighted by Gasteiger charge is 2.51. The van der Waals surface area contributed by atoms with Crippen LogP contribution in [0.15, 0.2) is 48.5 Å². The van der Waals surface area contributed by atoms with Gasteiger partial charge < -0.3 is 10.2 Å². The van der Waals surface area contributed by atoms with Gasteiger partial charge in [-0.15, -0.1) is 0 Å². The number of nitrogens with zero attached hydrogens (tertiary/aromatic N) is 1. The van der Waals surface area contributed by atoms with Gasteiger partial charge in [-0.3, -0.25) is 9.59 Å². The van der Waals surface area contributed by atoms with Crippen molar-refractivity contribution in [2.24, 2.45) is 5.41 Å². The van der Waals surface area contributed by atoms with E-state index in [1.54, 1.807) is 50.2 Å². The smallest absolute Gasteiger partial charge is 0.321 e. The van der Waals surface area contributed by atoms with E-state index in [-0.39, 0.29) is 6.42 Å². The van der Waals surface area contributed by atoms with Gasteiger partial charge in [-0.1, -0.05) is 56.3 Å². The van der Waals surface area contributed by atoms with E-state index in [4.69, 9.17) is 0 Å². The molecule has 134 valence electrons. The predicted molar refractivity (Wildman–Crippen MR) is 97.6 cm³/mol. The molecule has 0 amide bonds. The van der Waals surface area contributed by atoms with E-state index in [2.05, 4.69) is 6.07 Å². The summed E-state index contributed by atoms with van der Waals surface area (Å²) < 4.78 is 0. The molecular formula is C21H21NO4. The van der Waals surface area contributed by atoms with Crippen molar-refractivity contribution < 1.29 is 19.8 Å². The Morgan fingerprint density at radius 3 is 2.08 bits per heavy atom. The molecular weight excluding hydrogens is 330 g/mol. The van der Waals surface area contributed by atoms with Crippen molar-refractivity contribution in [1.29, 1.82) is 5.26 Å². The van der Waals surface area contributed by atoms with Crippen molar-refractivity contribution in [2.45, 2.75) is 32.6 Å². The lowest BCUT2D eigenvalue weighted by Crippen LogP contribution is -2.44. The number of rotatable bonds is 7. The Hall–Kier alpha value is -3.13. The van der Waals surface area contributed by atoms with Gasteiger partial charge in [0.25, 0.3) is 0 Å². The zero-order valence-corrected chi connectivity index (χ0v) is 14.8. The van der Waals surface area contributed by atoms with Gasteiger partial charge in [0.2, 0.25) is 0 Å². The molecule has 2 aromatic carbocycles. The Morgan fingerprint density at radius 1 is 1.04 bits per heavy atom. The lowest BCUT2D eigenvalue weighted by Gasteiger charge is -2.32. The number of carboxylic acids is 2. The van der Waals surface area contributed by atoms with Crippen molar-refractivity contribution in [3.63, 3.8) is 0 Å². The molecule has 5 nitrogen and oxygen atoms in total. The van der Waals surface area contributed by atoms with Crippen LogP contribution in [0, 0.1) is 16.7 Å². The minimum Gasteiger partial charge on any atom is -0.480 e. The van der Waals surface area contributed by atoms with Crippen molar-refractivity contribution in [1.82, 2.24) is 0 Å². The van der Waals surface area contributed by atoms with E-state index < -0.39 is 23.3 Å². The molecule has 2 rings (SSSR count). The molecule has 1 unspecified atom stereocenters. The van der Waals surface area contributed by atoms with Gasteiger partial charge in [0.15, 0.2) is 5.41 Å². The Balaban J connectivity index is 2.50. The largest absolute Gasteiger partial charge is 0.480 e. The summed E-state index contributed by atoms with van der Waals surface area (Å²) in [5.41, 5.74) is 0.964. The van der Waals surface area contributed by atoms with Crippen LogP contribution in [0.2, 0.25) is 0 Å². The molecule has 0 radical (unpaired) electrons. The zero-order chi connectivity index (χ0) is 19.3. The second-order valence-electron chi connectivity index (χ2n) is 6.18. The first-order valence-corrected chi connectivity index (χ1v) is 8.48. The molecule has 0 aliphatic rings. The Labute approximate surface area is 152 Å². The minimum absolute atomic E-state index is 0.00477. The highest BCUT2D eigenvalue weighted by atomic mass is 16.4. The average Bonchev–Trinajstić information content (AvgIpc) is 2.65. The number of nitriles is 1. The van der Waals surface area contributed by atoms with Crippen LogP contribution in [-0.4, -0.2) is 22.2 Å². The van der Waals surface area contributed by atoms with Gasteiger partial charge in [-0.2, -0.15) is 5.26 Å². The molecule has 0 fully saturated rings. The van der Waals surface area contributed by atoms with Crippen LogP contribution in [-0.2, 0) is 9.59 Å². The van der Waals surface area contributed by atoms with Gasteiger partial charge in [-0.05, 0) is 35.6 Å². The van der Waals surface area contributed by atoms with Gasteiger partial charge in [-0.25, -0.2) is 0 Å². The molecule has 0 heterocycles. The van der Waals surface area contributed by atoms with E-state index >= 15 is 0 Å². The molecule has 0 aliphatic heterocycles. The first-order chi connectivity index (χ1) is 12.4. The fourth-order valence-corrected chi connectivity index (χ4v) is 3.53. The number of hydrogen-bond donors (Lipinski definition) is 2. The molecule has 0 saturated carbocycles. The summed E-state index contributed by atoms with van der Waals surface area (Å²) in [5, 5.41) is 28.5. The molecule has 2 N–H and O–H groups in total. The first-order valence-electron chi connectivity index (χ1n) is 8.48. The van der Waals surface area contributed by atoms with Crippen molar-refractivity contribution in [3.05, 3.63) is 59.7 Å². The molecule has 0 bridgehead atoms. The average molecular weight is 351 g/mol. The Kier molecular flexibility index (Phi) is 5.78. The molecule has 1 atom stereocenters. The highest BCUT2D eigenvalue weighted by Crippen LogP contribution is 2.42. The molecule has 0 saturated heterocycles. The van der Waals surface area contributed by atoms with Crippen LogP contribution in [0.5, 0.6) is 0 Å². The molecule has 26 heavy (non-hydrogen) atoms. The highest BCUT2D eigenvalue weighted by molar-refractivity contribution is 5.99. The predicted octanol–water partition coefficient (Wildman–Crippen LogP) is 4.28. The fourth-order valence-electron chi connectivity index (χ4n) is 3.53. The number of aliphatic carboxylic acids is 2. The van der Waals surface area contributed by atoms with Gasteiger partial charge in [0, 0.05) is 5.92 Å². The van der Waals surface area contributed by atoms with Crippen LogP contribution in [0.25, 0.3) is 11.1 Å². The number of carboxylic acid groups (broad SMARTS) is 2. The minimum atomic E-state index is -1.86. The summed E-state index contributed by atoms with van der Waals surface area (Å²) in [6.45, 7) is 3.38. The number of hydrogen-bond acceptors (Lipinski definition) is 3. The molecule has 0 spiro atoms. The third kappa shape index (κ3) is 3.18. The SMILES string of the molecule is CCC(c1ccc(-c2ccccc2C#N)cc1)C(CC)(C(=O)O)C(=O)O. The van der Waals surface area contributed by atoms with Gasteiger partial charge in [0.05, 0.1) is 11.6 Å². The fraction of sp³-hybridized carbons (Fsp3) is 0.286. The van der Waals surface area contributed by atoms with E-state index in [9.17, 15) is 25.1 Å². The molecule has 0 aliphatic carbocycles. The van der Waals surface area contributed by atoms with Gasteiger partial charge in [0.1, 0.15) is 0 Å². The van der Waals surface area contributed by atoms with Crippen LogP contribution in [0.4, 0.5) is 0 Å². The van der Waals surface area contributed by atoms with E-state index in [1.807, 2.05) is 12.1 Å². The normalized spacial score (nSPS) is 12.2. The number of benzene rings is 2. The maximum Gasteiger partial charge on any atom is 0.321 e. The molecule has 0 aromatic heterocycles. The quantitative estimate of drug-likeness (QED) is 0.725. The third-order valence-corrected chi connectivity index (χ3v) is 5.00. The lowest BCUT2D eigenvalue weighted by molar-refractivity contribution is -0.167. The maximum absolute atomic E-state index is 11.8. The monoisotopic (exact) mass is 351 g/mol. The van der Waals surface area contributed by atoms with E-state index in [0.29, 0.717) is 17.5 Å². The summed E-state index contributed by atoms with van der Waals surface area (Å²) in [6, 6.07) is 16.5. The van der Waals surface area contributed by atoms with E-state index in [0.717, 1.165) is 11.1 Å². The van der Waals surface area contributed by atoms with Crippen molar-refractivity contribution >= 4 is 11.9 Å². The first kappa shape index (κ1) is 19.2. The number of carbonyl (C=O) groups is 2. The molecule has 5 heteroatoms. The van der Waals surface area contributed by atoms with Crippen LogP contribution in [0.3, 0.4) is 0 Å². The molecule has 2 aromatic rings. The third-order valence-electron chi connectivity index (χ3n) is 5.00. The summed E-state index contributed by atoms with van der Waals surface area (Å²) in [4.78, 5) is 23.6.